The van der Waals surface area contributed by atoms with Crippen LogP contribution in [-0.2, 0) is 24.1 Å². The van der Waals surface area contributed by atoms with Gasteiger partial charge in [-0.15, -0.1) is 13.2 Å². The van der Waals surface area contributed by atoms with Crippen molar-refractivity contribution in [2.24, 2.45) is 5.73 Å². The Morgan fingerprint density at radius 2 is 1.60 bits per heavy atom. The molecule has 8 heteroatoms. The van der Waals surface area contributed by atoms with Crippen LogP contribution in [0.25, 0.3) is 0 Å². The van der Waals surface area contributed by atoms with E-state index in [2.05, 4.69) is 37.5 Å². The lowest BCUT2D eigenvalue weighted by Gasteiger charge is -2.25. The first-order valence-corrected chi connectivity index (χ1v) is 14.0. The van der Waals surface area contributed by atoms with E-state index >= 15 is 0 Å². The summed E-state index contributed by atoms with van der Waals surface area (Å²) in [5.74, 6) is -2.35. The van der Waals surface area contributed by atoms with E-state index in [9.17, 15) is 18.4 Å². The van der Waals surface area contributed by atoms with E-state index in [1.165, 1.54) is 23.8 Å². The molecule has 0 bridgehead atoms. The van der Waals surface area contributed by atoms with Crippen molar-refractivity contribution in [1.29, 1.82) is 0 Å². The zero-order valence-corrected chi connectivity index (χ0v) is 24.2. The van der Waals surface area contributed by atoms with Crippen LogP contribution in [0, 0.1) is 18.6 Å². The number of halogens is 2. The van der Waals surface area contributed by atoms with E-state index in [-0.39, 0.29) is 24.4 Å². The summed E-state index contributed by atoms with van der Waals surface area (Å²) in [5, 5.41) is 3.30. The zero-order chi connectivity index (χ0) is 30.6. The molecule has 0 aromatic heterocycles. The van der Waals surface area contributed by atoms with Crippen molar-refractivity contribution >= 4 is 11.9 Å². The van der Waals surface area contributed by atoms with Gasteiger partial charge in [-0.25, -0.2) is 13.6 Å². The molecule has 3 rings (SSSR count). The Morgan fingerprint density at radius 3 is 2.24 bits per heavy atom. The number of nitrogens with one attached hydrogen (secondary N) is 1. The van der Waals surface area contributed by atoms with E-state index in [4.69, 9.17) is 10.5 Å². The quantitative estimate of drug-likeness (QED) is 0.184. The van der Waals surface area contributed by atoms with Gasteiger partial charge in [0.1, 0.15) is 17.7 Å². The molecule has 3 N–H and O–H groups in total. The van der Waals surface area contributed by atoms with Crippen molar-refractivity contribution in [1.82, 2.24) is 10.2 Å². The van der Waals surface area contributed by atoms with Crippen molar-refractivity contribution < 1.29 is 23.1 Å². The van der Waals surface area contributed by atoms with Gasteiger partial charge in [0.25, 0.3) is 5.91 Å². The number of amides is 1. The summed E-state index contributed by atoms with van der Waals surface area (Å²) in [4.78, 5) is 28.1. The van der Waals surface area contributed by atoms with Crippen LogP contribution in [0.3, 0.4) is 0 Å². The van der Waals surface area contributed by atoms with Crippen molar-refractivity contribution in [3.8, 4) is 0 Å². The Kier molecular flexibility index (Phi) is 12.1. The fraction of sp³-hybridized carbons (Fsp3) is 0.294. The largest absolute Gasteiger partial charge is 0.456 e. The third-order valence-corrected chi connectivity index (χ3v) is 6.75. The summed E-state index contributed by atoms with van der Waals surface area (Å²) in [7, 11) is 0. The highest BCUT2D eigenvalue weighted by atomic mass is 19.1. The molecule has 6 nitrogen and oxygen atoms in total. The Labute approximate surface area is 246 Å². The number of benzene rings is 3. The molecule has 2 unspecified atom stereocenters. The summed E-state index contributed by atoms with van der Waals surface area (Å²) >= 11 is 0. The molecule has 0 saturated carbocycles. The maximum atomic E-state index is 13.8. The molecular weight excluding hydrogens is 536 g/mol. The second-order valence-corrected chi connectivity index (χ2v) is 10.3. The molecule has 0 aliphatic rings. The number of nitrogens with zero attached hydrogens (tertiary/aromatic N) is 1. The average Bonchev–Trinajstić information content (AvgIpc) is 2.95. The number of ether oxygens (including phenoxy) is 1. The molecule has 3 aromatic carbocycles. The highest BCUT2D eigenvalue weighted by Crippen LogP contribution is 2.17. The lowest BCUT2D eigenvalue weighted by molar-refractivity contribution is 0.0238. The van der Waals surface area contributed by atoms with Crippen molar-refractivity contribution in [2.45, 2.75) is 45.4 Å². The van der Waals surface area contributed by atoms with Gasteiger partial charge in [-0.2, -0.15) is 0 Å². The van der Waals surface area contributed by atoms with Crippen molar-refractivity contribution in [3.05, 3.63) is 131 Å². The minimum atomic E-state index is -0.837. The first-order chi connectivity index (χ1) is 20.1. The lowest BCUT2D eigenvalue weighted by Crippen LogP contribution is -2.46. The minimum Gasteiger partial charge on any atom is -0.456 e. The molecule has 1 amide bonds. The van der Waals surface area contributed by atoms with Gasteiger partial charge in [0, 0.05) is 43.9 Å². The Bertz CT molecular complexity index is 1380. The van der Waals surface area contributed by atoms with Crippen LogP contribution in [0.4, 0.5) is 8.78 Å². The molecule has 42 heavy (non-hydrogen) atoms. The molecule has 0 aliphatic heterocycles. The standard InChI is InChI=1S/C34H39F2N3O3/c1-5-11-39(12-6-2)33(40)27-13-23(4)14-28(19-27)34(41)42-32(22-38-21-25-10-8-9-24(7-3)15-25)31(37)18-26-16-29(35)20-30(36)17-26/h5-6,8-10,13-17,19-20,31-32,38H,1-2,7,11-12,18,21-22,37H2,3-4H3. The predicted octanol–water partition coefficient (Wildman–Crippen LogP) is 5.54. The Morgan fingerprint density at radius 1 is 0.952 bits per heavy atom. The Hall–Kier alpha value is -4.14. The topological polar surface area (TPSA) is 84.7 Å². The van der Waals surface area contributed by atoms with Crippen LogP contribution in [0.15, 0.2) is 86.0 Å². The summed E-state index contributed by atoms with van der Waals surface area (Å²) in [5.41, 5.74) is 10.3. The summed E-state index contributed by atoms with van der Waals surface area (Å²) in [6.45, 7) is 12.6. The molecule has 2 atom stereocenters. The lowest BCUT2D eigenvalue weighted by atomic mass is 10.0. The fourth-order valence-electron chi connectivity index (χ4n) is 4.70. The first kappa shape index (κ1) is 32.4. The van der Waals surface area contributed by atoms with Gasteiger partial charge in [0.2, 0.25) is 0 Å². The number of hydrogen-bond acceptors (Lipinski definition) is 5. The fourth-order valence-corrected chi connectivity index (χ4v) is 4.70. The van der Waals surface area contributed by atoms with E-state index in [1.54, 1.807) is 36.1 Å². The molecule has 0 heterocycles. The van der Waals surface area contributed by atoms with Gasteiger partial charge in [0.15, 0.2) is 0 Å². The van der Waals surface area contributed by atoms with Crippen LogP contribution in [0.1, 0.15) is 49.9 Å². The molecule has 222 valence electrons. The van der Waals surface area contributed by atoms with Gasteiger partial charge < -0.3 is 20.7 Å². The number of nitrogens with two attached hydrogens (primary N) is 1. The summed E-state index contributed by atoms with van der Waals surface area (Å²) in [6.07, 6.45) is 3.39. The highest BCUT2D eigenvalue weighted by Gasteiger charge is 2.25. The van der Waals surface area contributed by atoms with Gasteiger partial charge in [-0.3, -0.25) is 4.79 Å². The number of carbonyl (C=O) groups is 2. The van der Waals surface area contributed by atoms with Gasteiger partial charge >= 0.3 is 5.97 Å². The third kappa shape index (κ3) is 9.46. The second kappa shape index (κ2) is 15.7. The molecule has 0 aliphatic carbocycles. The SMILES string of the molecule is C=CCN(CC=C)C(=O)c1cc(C)cc(C(=O)OC(CNCc2cccc(CC)c2)C(N)Cc2cc(F)cc(F)c2)c1. The number of hydrogen-bond donors (Lipinski definition) is 2. The molecule has 0 radical (unpaired) electrons. The maximum Gasteiger partial charge on any atom is 0.338 e. The van der Waals surface area contributed by atoms with Gasteiger partial charge in [-0.05, 0) is 72.4 Å². The van der Waals surface area contributed by atoms with Crippen molar-refractivity contribution in [3.63, 3.8) is 0 Å². The molecular formula is C34H39F2N3O3. The van der Waals surface area contributed by atoms with E-state index in [1.807, 2.05) is 12.1 Å². The predicted molar refractivity (Wildman–Crippen MR) is 162 cm³/mol. The van der Waals surface area contributed by atoms with Crippen LogP contribution >= 0.6 is 0 Å². The number of rotatable bonds is 15. The zero-order valence-electron chi connectivity index (χ0n) is 24.2. The average molecular weight is 576 g/mol. The normalized spacial score (nSPS) is 12.3. The molecule has 3 aromatic rings. The monoisotopic (exact) mass is 575 g/mol. The summed E-state index contributed by atoms with van der Waals surface area (Å²) in [6, 6.07) is 15.4. The number of carbonyl (C=O) groups excluding carboxylic acids is 2. The highest BCUT2D eigenvalue weighted by molar-refractivity contribution is 5.98. The Balaban J connectivity index is 1.82. The first-order valence-electron chi connectivity index (χ1n) is 14.0. The van der Waals surface area contributed by atoms with E-state index < -0.39 is 29.7 Å². The molecule has 0 fully saturated rings. The van der Waals surface area contributed by atoms with Gasteiger partial charge in [-0.1, -0.05) is 43.3 Å². The van der Waals surface area contributed by atoms with Crippen LogP contribution in [-0.4, -0.2) is 48.6 Å². The van der Waals surface area contributed by atoms with Crippen LogP contribution in [0.5, 0.6) is 0 Å². The maximum absolute atomic E-state index is 13.8. The number of aryl methyl sites for hydroxylation is 2. The molecule has 0 spiro atoms. The van der Waals surface area contributed by atoms with E-state index in [0.29, 0.717) is 36.3 Å². The van der Waals surface area contributed by atoms with Crippen molar-refractivity contribution in [2.75, 3.05) is 19.6 Å². The minimum absolute atomic E-state index is 0.0786. The molecule has 0 saturated heterocycles. The van der Waals surface area contributed by atoms with Crippen LogP contribution < -0.4 is 11.1 Å². The van der Waals surface area contributed by atoms with Crippen LogP contribution in [0.2, 0.25) is 0 Å². The number of esters is 1. The third-order valence-electron chi connectivity index (χ3n) is 6.75. The summed E-state index contributed by atoms with van der Waals surface area (Å²) < 4.78 is 33.6. The second-order valence-electron chi connectivity index (χ2n) is 10.3. The van der Waals surface area contributed by atoms with Gasteiger partial charge in [0.05, 0.1) is 5.56 Å². The van der Waals surface area contributed by atoms with E-state index in [0.717, 1.165) is 18.1 Å². The smallest absolute Gasteiger partial charge is 0.338 e.